The summed E-state index contributed by atoms with van der Waals surface area (Å²) in [6.45, 7) is 1.66. The molecule has 4 nitrogen and oxygen atoms in total. The van der Waals surface area contributed by atoms with Crippen LogP contribution in [0.15, 0.2) is 12.1 Å². The summed E-state index contributed by atoms with van der Waals surface area (Å²) in [6.07, 6.45) is 1.56. The van der Waals surface area contributed by atoms with Crippen molar-refractivity contribution >= 4 is 34.8 Å². The molecule has 2 heterocycles. The Morgan fingerprint density at radius 2 is 2.06 bits per heavy atom. The van der Waals surface area contributed by atoms with E-state index >= 15 is 0 Å². The fourth-order valence-corrected chi connectivity index (χ4v) is 2.73. The van der Waals surface area contributed by atoms with Crippen molar-refractivity contribution in [1.29, 1.82) is 0 Å². The van der Waals surface area contributed by atoms with Crippen molar-refractivity contribution in [1.82, 2.24) is 10.6 Å². The summed E-state index contributed by atoms with van der Waals surface area (Å²) in [5.74, 6) is -0.595. The zero-order valence-corrected chi connectivity index (χ0v) is 10.7. The van der Waals surface area contributed by atoms with Gasteiger partial charge in [-0.15, -0.1) is 11.3 Å². The summed E-state index contributed by atoms with van der Waals surface area (Å²) < 4.78 is 0.546. The second-order valence-corrected chi connectivity index (χ2v) is 5.66. The SMILES string of the molecule is O=C(NC(=O)C1CCNCC1)c1ccc(Cl)s1. The Bertz CT molecular complexity index is 427. The minimum atomic E-state index is -0.356. The highest BCUT2D eigenvalue weighted by molar-refractivity contribution is 7.18. The highest BCUT2D eigenvalue weighted by Crippen LogP contribution is 2.21. The number of rotatable bonds is 2. The Hall–Kier alpha value is -0.910. The van der Waals surface area contributed by atoms with E-state index < -0.39 is 0 Å². The number of thiophene rings is 1. The van der Waals surface area contributed by atoms with E-state index in [4.69, 9.17) is 11.6 Å². The van der Waals surface area contributed by atoms with E-state index in [0.717, 1.165) is 25.9 Å². The van der Waals surface area contributed by atoms with Crippen LogP contribution in [-0.4, -0.2) is 24.9 Å². The molecule has 0 aromatic carbocycles. The van der Waals surface area contributed by atoms with Gasteiger partial charge < -0.3 is 5.32 Å². The van der Waals surface area contributed by atoms with Gasteiger partial charge in [-0.05, 0) is 38.1 Å². The number of imide groups is 1. The summed E-state index contributed by atoms with van der Waals surface area (Å²) in [6, 6.07) is 3.27. The average Bonchev–Trinajstić information content (AvgIpc) is 2.77. The maximum absolute atomic E-state index is 11.8. The van der Waals surface area contributed by atoms with Gasteiger partial charge in [-0.3, -0.25) is 14.9 Å². The van der Waals surface area contributed by atoms with Gasteiger partial charge >= 0.3 is 0 Å². The van der Waals surface area contributed by atoms with Gasteiger partial charge in [-0.25, -0.2) is 0 Å². The Morgan fingerprint density at radius 3 is 2.65 bits per heavy atom. The van der Waals surface area contributed by atoms with E-state index in [1.54, 1.807) is 12.1 Å². The van der Waals surface area contributed by atoms with E-state index in [1.165, 1.54) is 11.3 Å². The molecule has 1 fully saturated rings. The molecule has 0 unspecified atom stereocenters. The number of hydrogen-bond donors (Lipinski definition) is 2. The lowest BCUT2D eigenvalue weighted by Crippen LogP contribution is -2.40. The molecule has 1 aliphatic rings. The summed E-state index contributed by atoms with van der Waals surface area (Å²) in [5, 5.41) is 5.60. The van der Waals surface area contributed by atoms with Gasteiger partial charge in [0, 0.05) is 5.92 Å². The predicted octanol–water partition coefficient (Wildman–Crippen LogP) is 1.66. The first kappa shape index (κ1) is 12.5. The molecular formula is C11H13ClN2O2S. The van der Waals surface area contributed by atoms with E-state index in [1.807, 2.05) is 0 Å². The van der Waals surface area contributed by atoms with Crippen molar-refractivity contribution in [3.05, 3.63) is 21.3 Å². The van der Waals surface area contributed by atoms with E-state index in [0.29, 0.717) is 9.21 Å². The molecule has 0 atom stereocenters. The smallest absolute Gasteiger partial charge is 0.267 e. The maximum atomic E-state index is 11.8. The molecule has 1 saturated heterocycles. The van der Waals surface area contributed by atoms with Gasteiger partial charge in [0.15, 0.2) is 0 Å². The van der Waals surface area contributed by atoms with Crippen LogP contribution in [0.4, 0.5) is 0 Å². The lowest BCUT2D eigenvalue weighted by Gasteiger charge is -2.21. The third-order valence-corrected chi connectivity index (χ3v) is 3.97. The first-order valence-corrected chi connectivity index (χ1v) is 6.67. The first-order chi connectivity index (χ1) is 8.16. The molecule has 0 bridgehead atoms. The summed E-state index contributed by atoms with van der Waals surface area (Å²) in [7, 11) is 0. The van der Waals surface area contributed by atoms with Crippen molar-refractivity contribution in [3.8, 4) is 0 Å². The lowest BCUT2D eigenvalue weighted by molar-refractivity contribution is -0.124. The molecule has 17 heavy (non-hydrogen) atoms. The summed E-state index contributed by atoms with van der Waals surface area (Å²) in [5.41, 5.74) is 0. The Balaban J connectivity index is 1.91. The number of carbonyl (C=O) groups excluding carboxylic acids is 2. The van der Waals surface area contributed by atoms with Gasteiger partial charge in [0.25, 0.3) is 5.91 Å². The predicted molar refractivity (Wildman–Crippen MR) is 67.4 cm³/mol. The van der Waals surface area contributed by atoms with Crippen LogP contribution in [0.5, 0.6) is 0 Å². The third-order valence-electron chi connectivity index (χ3n) is 2.74. The van der Waals surface area contributed by atoms with Crippen molar-refractivity contribution in [2.45, 2.75) is 12.8 Å². The summed E-state index contributed by atoms with van der Waals surface area (Å²) in [4.78, 5) is 24.0. The summed E-state index contributed by atoms with van der Waals surface area (Å²) >= 11 is 6.91. The highest BCUT2D eigenvalue weighted by atomic mass is 35.5. The number of carbonyl (C=O) groups is 2. The van der Waals surface area contributed by atoms with Crippen LogP contribution in [0.3, 0.4) is 0 Å². The van der Waals surface area contributed by atoms with Crippen molar-refractivity contribution < 1.29 is 9.59 Å². The number of halogens is 1. The van der Waals surface area contributed by atoms with E-state index in [-0.39, 0.29) is 17.7 Å². The zero-order chi connectivity index (χ0) is 12.3. The molecule has 92 valence electrons. The van der Waals surface area contributed by atoms with Crippen LogP contribution in [-0.2, 0) is 4.79 Å². The Morgan fingerprint density at radius 1 is 1.35 bits per heavy atom. The molecule has 1 aliphatic heterocycles. The topological polar surface area (TPSA) is 58.2 Å². The quantitative estimate of drug-likeness (QED) is 0.805. The van der Waals surface area contributed by atoms with Crippen LogP contribution in [0.2, 0.25) is 4.34 Å². The largest absolute Gasteiger partial charge is 0.317 e. The minimum Gasteiger partial charge on any atom is -0.317 e. The van der Waals surface area contributed by atoms with E-state index in [9.17, 15) is 9.59 Å². The number of amides is 2. The number of hydrogen-bond acceptors (Lipinski definition) is 4. The molecular weight excluding hydrogens is 260 g/mol. The van der Waals surface area contributed by atoms with Gasteiger partial charge in [-0.2, -0.15) is 0 Å². The van der Waals surface area contributed by atoms with E-state index in [2.05, 4.69) is 10.6 Å². The molecule has 6 heteroatoms. The molecule has 2 amide bonds. The average molecular weight is 273 g/mol. The fourth-order valence-electron chi connectivity index (χ4n) is 1.80. The molecule has 0 aliphatic carbocycles. The Labute approximate surface area is 108 Å². The first-order valence-electron chi connectivity index (χ1n) is 5.48. The van der Waals surface area contributed by atoms with Gasteiger partial charge in [0.2, 0.25) is 5.91 Å². The lowest BCUT2D eigenvalue weighted by atomic mass is 9.97. The molecule has 1 aromatic heterocycles. The van der Waals surface area contributed by atoms with Crippen molar-refractivity contribution in [2.24, 2.45) is 5.92 Å². The minimum absolute atomic E-state index is 0.0596. The standard InChI is InChI=1S/C11H13ClN2O2S/c12-9-2-1-8(17-9)11(16)14-10(15)7-3-5-13-6-4-7/h1-2,7,13H,3-6H2,(H,14,15,16). The van der Waals surface area contributed by atoms with Crippen molar-refractivity contribution in [3.63, 3.8) is 0 Å². The molecule has 2 N–H and O–H groups in total. The fraction of sp³-hybridized carbons (Fsp3) is 0.455. The van der Waals surface area contributed by atoms with Gasteiger partial charge in [0.1, 0.15) is 0 Å². The van der Waals surface area contributed by atoms with Gasteiger partial charge in [0.05, 0.1) is 9.21 Å². The number of nitrogens with one attached hydrogen (secondary N) is 2. The second-order valence-electron chi connectivity index (χ2n) is 3.95. The maximum Gasteiger partial charge on any atom is 0.267 e. The van der Waals surface area contributed by atoms with Crippen molar-refractivity contribution in [2.75, 3.05) is 13.1 Å². The zero-order valence-electron chi connectivity index (χ0n) is 9.16. The highest BCUT2D eigenvalue weighted by Gasteiger charge is 2.23. The normalized spacial score (nSPS) is 16.8. The van der Waals surface area contributed by atoms with Crippen LogP contribution in [0.25, 0.3) is 0 Å². The number of piperidine rings is 1. The third kappa shape index (κ3) is 3.28. The molecule has 2 rings (SSSR count). The molecule has 0 saturated carbocycles. The van der Waals surface area contributed by atoms with Crippen LogP contribution in [0.1, 0.15) is 22.5 Å². The molecule has 0 spiro atoms. The monoisotopic (exact) mass is 272 g/mol. The van der Waals surface area contributed by atoms with Crippen LogP contribution in [0, 0.1) is 5.92 Å². The Kier molecular flexibility index (Phi) is 4.15. The molecule has 1 aromatic rings. The molecule has 0 radical (unpaired) electrons. The van der Waals surface area contributed by atoms with Gasteiger partial charge in [-0.1, -0.05) is 11.6 Å². The second kappa shape index (κ2) is 5.62. The van der Waals surface area contributed by atoms with Crippen LogP contribution < -0.4 is 10.6 Å². The van der Waals surface area contributed by atoms with Crippen LogP contribution >= 0.6 is 22.9 Å².